The van der Waals surface area contributed by atoms with Gasteiger partial charge in [0.05, 0.1) is 5.69 Å². The Hall–Kier alpha value is -3.91. The van der Waals surface area contributed by atoms with Crippen LogP contribution in [0.15, 0.2) is 66.7 Å². The fourth-order valence-corrected chi connectivity index (χ4v) is 4.28. The van der Waals surface area contributed by atoms with Gasteiger partial charge in [0.1, 0.15) is 23.8 Å². The third-order valence-corrected chi connectivity index (χ3v) is 6.15. The first kappa shape index (κ1) is 24.2. The summed E-state index contributed by atoms with van der Waals surface area (Å²) in [6.07, 6.45) is -2.17. The SMILES string of the molecule is C[C@H](CC(=O)[C@@H](O)c1cc(F)cc(F)c1)C(=O)NC1C(=O)N(C)c2ccccc2-c2ccccc21. The Morgan fingerprint density at radius 1 is 1.00 bits per heavy atom. The van der Waals surface area contributed by atoms with Crippen molar-refractivity contribution in [2.24, 2.45) is 5.92 Å². The Morgan fingerprint density at radius 3 is 2.29 bits per heavy atom. The minimum atomic E-state index is -1.78. The summed E-state index contributed by atoms with van der Waals surface area (Å²) in [5, 5.41) is 13.0. The molecular formula is C27H24F2N2O4. The molecule has 2 amide bonds. The maximum atomic E-state index is 13.5. The van der Waals surface area contributed by atoms with Crippen LogP contribution in [-0.4, -0.2) is 29.8 Å². The van der Waals surface area contributed by atoms with Crippen LogP contribution in [0.25, 0.3) is 11.1 Å². The van der Waals surface area contributed by atoms with Crippen molar-refractivity contribution in [3.8, 4) is 11.1 Å². The number of aliphatic hydroxyl groups excluding tert-OH is 1. The van der Waals surface area contributed by atoms with Gasteiger partial charge in [-0.3, -0.25) is 14.4 Å². The maximum absolute atomic E-state index is 13.5. The first-order chi connectivity index (χ1) is 16.7. The Balaban J connectivity index is 1.54. The number of Topliss-reactive ketones (excluding diaryl/α,β-unsaturated/α-hetero) is 1. The van der Waals surface area contributed by atoms with Gasteiger partial charge in [-0.2, -0.15) is 0 Å². The lowest BCUT2D eigenvalue weighted by molar-refractivity contribution is -0.134. The summed E-state index contributed by atoms with van der Waals surface area (Å²) >= 11 is 0. The summed E-state index contributed by atoms with van der Waals surface area (Å²) in [7, 11) is 1.63. The van der Waals surface area contributed by atoms with Gasteiger partial charge in [0.15, 0.2) is 5.78 Å². The molecule has 4 rings (SSSR count). The van der Waals surface area contributed by atoms with Gasteiger partial charge in [0.25, 0.3) is 5.91 Å². The molecule has 0 bridgehead atoms. The summed E-state index contributed by atoms with van der Waals surface area (Å²) in [4.78, 5) is 40.4. The predicted molar refractivity (Wildman–Crippen MR) is 126 cm³/mol. The van der Waals surface area contributed by atoms with Crippen LogP contribution in [0.3, 0.4) is 0 Å². The van der Waals surface area contributed by atoms with E-state index in [1.54, 1.807) is 19.2 Å². The van der Waals surface area contributed by atoms with Gasteiger partial charge in [0.2, 0.25) is 5.91 Å². The number of hydrogen-bond donors (Lipinski definition) is 2. The quantitative estimate of drug-likeness (QED) is 0.559. The number of nitrogens with zero attached hydrogens (tertiary/aromatic N) is 1. The fraction of sp³-hybridized carbons (Fsp3) is 0.222. The standard InChI is InChI=1S/C27H24F2N2O4/c1-15(11-23(32)25(33)16-12-17(28)14-18(29)13-16)26(34)30-24-21-9-4-3-7-19(21)20-8-5-6-10-22(20)31(2)27(24)35/h3-10,12-15,24-25,33H,11H2,1-2H3,(H,30,34)/t15-,24?,25+/m1/s1. The van der Waals surface area contributed by atoms with Crippen LogP contribution in [0.5, 0.6) is 0 Å². The molecule has 6 nitrogen and oxygen atoms in total. The molecule has 0 fully saturated rings. The highest BCUT2D eigenvalue weighted by molar-refractivity contribution is 6.06. The van der Waals surface area contributed by atoms with Crippen molar-refractivity contribution in [2.75, 3.05) is 11.9 Å². The molecule has 1 unspecified atom stereocenters. The van der Waals surface area contributed by atoms with Gasteiger partial charge < -0.3 is 15.3 Å². The van der Waals surface area contributed by atoms with Crippen LogP contribution in [0, 0.1) is 17.6 Å². The highest BCUT2D eigenvalue weighted by Gasteiger charge is 2.34. The zero-order valence-electron chi connectivity index (χ0n) is 19.2. The molecule has 0 saturated carbocycles. The van der Waals surface area contributed by atoms with Gasteiger partial charge >= 0.3 is 0 Å². The molecule has 0 radical (unpaired) electrons. The molecule has 1 aliphatic heterocycles. The highest BCUT2D eigenvalue weighted by Crippen LogP contribution is 2.39. The Kier molecular flexibility index (Phi) is 6.75. The number of ketones is 1. The van der Waals surface area contributed by atoms with E-state index >= 15 is 0 Å². The van der Waals surface area contributed by atoms with E-state index in [2.05, 4.69) is 5.32 Å². The minimum absolute atomic E-state index is 0.229. The largest absolute Gasteiger partial charge is 0.381 e. The monoisotopic (exact) mass is 478 g/mol. The second-order valence-corrected chi connectivity index (χ2v) is 8.62. The number of rotatable bonds is 6. The molecule has 1 heterocycles. The predicted octanol–water partition coefficient (Wildman–Crippen LogP) is 4.09. The molecule has 0 spiro atoms. The minimum Gasteiger partial charge on any atom is -0.381 e. The van der Waals surface area contributed by atoms with Crippen LogP contribution in [-0.2, 0) is 14.4 Å². The Morgan fingerprint density at radius 2 is 1.60 bits per heavy atom. The number of benzene rings is 3. The van der Waals surface area contributed by atoms with Crippen LogP contribution in [0.1, 0.15) is 36.6 Å². The van der Waals surface area contributed by atoms with Crippen molar-refractivity contribution >= 4 is 23.3 Å². The van der Waals surface area contributed by atoms with Crippen molar-refractivity contribution in [1.82, 2.24) is 5.32 Å². The zero-order chi connectivity index (χ0) is 25.3. The Bertz CT molecular complexity index is 1290. The molecule has 3 aromatic rings. The number of anilines is 1. The number of likely N-dealkylation sites (N-methyl/N-ethyl adjacent to an activating group) is 1. The zero-order valence-corrected chi connectivity index (χ0v) is 19.2. The highest BCUT2D eigenvalue weighted by atomic mass is 19.1. The van der Waals surface area contributed by atoms with Crippen molar-refractivity contribution in [3.05, 3.63) is 89.5 Å². The van der Waals surface area contributed by atoms with E-state index in [0.29, 0.717) is 17.3 Å². The van der Waals surface area contributed by atoms with Crippen molar-refractivity contribution in [3.63, 3.8) is 0 Å². The number of carbonyl (C=O) groups is 3. The number of aliphatic hydroxyl groups is 1. The summed E-state index contributed by atoms with van der Waals surface area (Å²) in [6, 6.07) is 16.1. The number of halogens is 2. The van der Waals surface area contributed by atoms with E-state index in [9.17, 15) is 28.3 Å². The topological polar surface area (TPSA) is 86.7 Å². The average Bonchev–Trinajstić information content (AvgIpc) is 2.92. The molecule has 35 heavy (non-hydrogen) atoms. The van der Waals surface area contributed by atoms with Crippen LogP contribution >= 0.6 is 0 Å². The molecule has 1 aliphatic rings. The van der Waals surface area contributed by atoms with Crippen LogP contribution < -0.4 is 10.2 Å². The van der Waals surface area contributed by atoms with Crippen LogP contribution in [0.2, 0.25) is 0 Å². The van der Waals surface area contributed by atoms with E-state index in [4.69, 9.17) is 0 Å². The van der Waals surface area contributed by atoms with Crippen molar-refractivity contribution in [1.29, 1.82) is 0 Å². The number of fused-ring (bicyclic) bond motifs is 3. The number of nitrogens with one attached hydrogen (secondary N) is 1. The van der Waals surface area contributed by atoms with Gasteiger partial charge in [-0.25, -0.2) is 8.78 Å². The molecule has 8 heteroatoms. The first-order valence-corrected chi connectivity index (χ1v) is 11.1. The van der Waals surface area contributed by atoms with Gasteiger partial charge in [-0.05, 0) is 34.9 Å². The second kappa shape index (κ2) is 9.76. The van der Waals surface area contributed by atoms with Crippen molar-refractivity contribution in [2.45, 2.75) is 25.5 Å². The lowest BCUT2D eigenvalue weighted by Gasteiger charge is -2.24. The molecule has 180 valence electrons. The lowest BCUT2D eigenvalue weighted by atomic mass is 9.94. The molecule has 2 N–H and O–H groups in total. The molecule has 3 atom stereocenters. The molecule has 0 aromatic heterocycles. The summed E-state index contributed by atoms with van der Waals surface area (Å²) in [5.41, 5.74) is 2.75. The van der Waals surface area contributed by atoms with Gasteiger partial charge in [-0.15, -0.1) is 0 Å². The molecular weight excluding hydrogens is 454 g/mol. The molecule has 3 aromatic carbocycles. The molecule has 0 saturated heterocycles. The second-order valence-electron chi connectivity index (χ2n) is 8.62. The Labute approximate surface area is 201 Å². The number of para-hydroxylation sites is 1. The average molecular weight is 478 g/mol. The fourth-order valence-electron chi connectivity index (χ4n) is 4.28. The van der Waals surface area contributed by atoms with E-state index in [-0.39, 0.29) is 17.9 Å². The van der Waals surface area contributed by atoms with E-state index < -0.39 is 41.4 Å². The van der Waals surface area contributed by atoms with E-state index in [1.165, 1.54) is 11.8 Å². The number of hydrogen-bond acceptors (Lipinski definition) is 4. The van der Waals surface area contributed by atoms with E-state index in [1.807, 2.05) is 36.4 Å². The van der Waals surface area contributed by atoms with Gasteiger partial charge in [-0.1, -0.05) is 49.4 Å². The van der Waals surface area contributed by atoms with Crippen LogP contribution in [0.4, 0.5) is 14.5 Å². The summed E-state index contributed by atoms with van der Waals surface area (Å²) < 4.78 is 26.9. The first-order valence-electron chi connectivity index (χ1n) is 11.1. The third kappa shape index (κ3) is 4.83. The number of carbonyl (C=O) groups excluding carboxylic acids is 3. The smallest absolute Gasteiger partial charge is 0.253 e. The van der Waals surface area contributed by atoms with Gasteiger partial charge in [0, 0.05) is 31.0 Å². The maximum Gasteiger partial charge on any atom is 0.253 e. The lowest BCUT2D eigenvalue weighted by Crippen LogP contribution is -2.43. The summed E-state index contributed by atoms with van der Waals surface area (Å²) in [6.45, 7) is 1.48. The summed E-state index contributed by atoms with van der Waals surface area (Å²) in [5.74, 6) is -4.43. The van der Waals surface area contributed by atoms with E-state index in [0.717, 1.165) is 23.3 Å². The number of amides is 2. The van der Waals surface area contributed by atoms with Crippen molar-refractivity contribution < 1.29 is 28.3 Å². The molecule has 0 aliphatic carbocycles. The third-order valence-electron chi connectivity index (χ3n) is 6.15. The normalized spacial score (nSPS) is 16.5.